The first-order valence-corrected chi connectivity index (χ1v) is 5.75. The molecule has 96 valence electrons. The monoisotopic (exact) mass is 232 g/mol. The number of hydrogen-bond acceptors (Lipinski definition) is 4. The molecule has 0 fully saturated rings. The SMILES string of the molecule is CCN(CC)CC(C)NCC(C)(O)C(=O)O. The number of carboxylic acid groups (broad SMARTS) is 1. The van der Waals surface area contributed by atoms with E-state index in [1.165, 1.54) is 6.92 Å². The van der Waals surface area contributed by atoms with Crippen LogP contribution in [-0.2, 0) is 4.79 Å². The zero-order valence-electron chi connectivity index (χ0n) is 10.7. The maximum Gasteiger partial charge on any atom is 0.336 e. The molecule has 2 atom stereocenters. The number of carboxylic acids is 1. The highest BCUT2D eigenvalue weighted by Gasteiger charge is 2.29. The van der Waals surface area contributed by atoms with E-state index in [-0.39, 0.29) is 12.6 Å². The third kappa shape index (κ3) is 5.44. The fourth-order valence-electron chi connectivity index (χ4n) is 1.38. The van der Waals surface area contributed by atoms with Crippen LogP contribution in [0.2, 0.25) is 0 Å². The Morgan fingerprint density at radius 1 is 1.44 bits per heavy atom. The van der Waals surface area contributed by atoms with Gasteiger partial charge in [-0.2, -0.15) is 0 Å². The number of nitrogens with one attached hydrogen (secondary N) is 1. The average Bonchev–Trinajstić information content (AvgIpc) is 2.23. The highest BCUT2D eigenvalue weighted by atomic mass is 16.4. The Morgan fingerprint density at radius 2 is 1.94 bits per heavy atom. The van der Waals surface area contributed by atoms with E-state index >= 15 is 0 Å². The molecule has 0 radical (unpaired) electrons. The Hall–Kier alpha value is -0.650. The minimum atomic E-state index is -1.70. The van der Waals surface area contributed by atoms with Gasteiger partial charge < -0.3 is 20.4 Å². The van der Waals surface area contributed by atoms with Crippen molar-refractivity contribution in [2.45, 2.75) is 39.3 Å². The normalized spacial score (nSPS) is 17.1. The number of nitrogens with zero attached hydrogens (tertiary/aromatic N) is 1. The lowest BCUT2D eigenvalue weighted by Gasteiger charge is -2.26. The van der Waals surface area contributed by atoms with Crippen LogP contribution >= 0.6 is 0 Å². The molecule has 0 heterocycles. The van der Waals surface area contributed by atoms with E-state index in [2.05, 4.69) is 24.1 Å². The van der Waals surface area contributed by atoms with Gasteiger partial charge >= 0.3 is 5.97 Å². The molecular formula is C11H24N2O3. The summed E-state index contributed by atoms with van der Waals surface area (Å²) in [5.74, 6) is -1.20. The summed E-state index contributed by atoms with van der Waals surface area (Å²) in [5.41, 5.74) is -1.70. The van der Waals surface area contributed by atoms with E-state index in [9.17, 15) is 9.90 Å². The minimum absolute atomic E-state index is 0.0603. The second kappa shape index (κ2) is 6.83. The molecule has 0 rings (SSSR count). The van der Waals surface area contributed by atoms with E-state index < -0.39 is 11.6 Å². The maximum atomic E-state index is 10.7. The fourth-order valence-corrected chi connectivity index (χ4v) is 1.38. The highest BCUT2D eigenvalue weighted by molar-refractivity contribution is 5.76. The summed E-state index contributed by atoms with van der Waals surface area (Å²) < 4.78 is 0. The molecule has 5 nitrogen and oxygen atoms in total. The lowest BCUT2D eigenvalue weighted by Crippen LogP contribution is -2.49. The molecule has 0 aliphatic heterocycles. The molecule has 0 spiro atoms. The van der Waals surface area contributed by atoms with Crippen molar-refractivity contribution in [3.63, 3.8) is 0 Å². The summed E-state index contributed by atoms with van der Waals surface area (Å²) >= 11 is 0. The number of likely N-dealkylation sites (N-methyl/N-ethyl adjacent to an activating group) is 1. The number of aliphatic hydroxyl groups is 1. The Labute approximate surface area is 97.4 Å². The predicted octanol–water partition coefficient (Wildman–Crippen LogP) is 0.142. The average molecular weight is 232 g/mol. The Bertz CT molecular complexity index is 215. The van der Waals surface area contributed by atoms with Gasteiger partial charge in [-0.3, -0.25) is 0 Å². The van der Waals surface area contributed by atoms with Crippen LogP contribution in [-0.4, -0.2) is 58.9 Å². The standard InChI is InChI=1S/C11H24N2O3/c1-5-13(6-2)7-9(3)12-8-11(4,16)10(14)15/h9,12,16H,5-8H2,1-4H3,(H,14,15). The van der Waals surface area contributed by atoms with Crippen LogP contribution in [0.25, 0.3) is 0 Å². The zero-order chi connectivity index (χ0) is 12.8. The van der Waals surface area contributed by atoms with E-state index in [1.807, 2.05) is 6.92 Å². The topological polar surface area (TPSA) is 72.8 Å². The number of carbonyl (C=O) groups is 1. The molecular weight excluding hydrogens is 208 g/mol. The highest BCUT2D eigenvalue weighted by Crippen LogP contribution is 2.02. The van der Waals surface area contributed by atoms with Crippen LogP contribution in [0.3, 0.4) is 0 Å². The van der Waals surface area contributed by atoms with Crippen molar-refractivity contribution in [2.24, 2.45) is 0 Å². The molecule has 5 heteroatoms. The molecule has 0 aromatic heterocycles. The first-order valence-electron chi connectivity index (χ1n) is 5.75. The van der Waals surface area contributed by atoms with Gasteiger partial charge in [-0.1, -0.05) is 13.8 Å². The summed E-state index contributed by atoms with van der Waals surface area (Å²) in [6.45, 7) is 10.3. The molecule has 0 aromatic rings. The Kier molecular flexibility index (Phi) is 6.55. The number of aliphatic carboxylic acids is 1. The molecule has 0 saturated carbocycles. The first kappa shape index (κ1) is 15.3. The summed E-state index contributed by atoms with van der Waals surface area (Å²) in [6, 6.07) is 0.158. The van der Waals surface area contributed by atoms with E-state index in [0.717, 1.165) is 19.6 Å². The summed E-state index contributed by atoms with van der Waals surface area (Å²) in [5, 5.41) is 21.3. The van der Waals surface area contributed by atoms with Gasteiger partial charge in [0.25, 0.3) is 0 Å². The predicted molar refractivity (Wildman–Crippen MR) is 63.5 cm³/mol. The van der Waals surface area contributed by atoms with Crippen LogP contribution in [0.15, 0.2) is 0 Å². The van der Waals surface area contributed by atoms with Crippen molar-refractivity contribution in [2.75, 3.05) is 26.2 Å². The third-order valence-electron chi connectivity index (χ3n) is 2.68. The summed E-state index contributed by atoms with van der Waals surface area (Å²) in [6.07, 6.45) is 0. The van der Waals surface area contributed by atoms with E-state index in [0.29, 0.717) is 0 Å². The molecule has 0 aromatic carbocycles. The van der Waals surface area contributed by atoms with Crippen LogP contribution < -0.4 is 5.32 Å². The largest absolute Gasteiger partial charge is 0.479 e. The molecule has 0 amide bonds. The minimum Gasteiger partial charge on any atom is -0.479 e. The zero-order valence-corrected chi connectivity index (χ0v) is 10.7. The van der Waals surface area contributed by atoms with Crippen molar-refractivity contribution < 1.29 is 15.0 Å². The second-order valence-electron chi connectivity index (χ2n) is 4.35. The number of rotatable bonds is 8. The summed E-state index contributed by atoms with van der Waals surface area (Å²) in [7, 11) is 0. The van der Waals surface area contributed by atoms with Crippen LogP contribution in [0.5, 0.6) is 0 Å². The number of hydrogen-bond donors (Lipinski definition) is 3. The molecule has 0 bridgehead atoms. The van der Waals surface area contributed by atoms with Gasteiger partial charge in [-0.05, 0) is 26.9 Å². The van der Waals surface area contributed by atoms with Crippen molar-refractivity contribution in [3.05, 3.63) is 0 Å². The van der Waals surface area contributed by atoms with Gasteiger partial charge in [0.1, 0.15) is 0 Å². The van der Waals surface area contributed by atoms with Gasteiger partial charge in [0.15, 0.2) is 5.60 Å². The lowest BCUT2D eigenvalue weighted by molar-refractivity contribution is -0.156. The van der Waals surface area contributed by atoms with E-state index in [4.69, 9.17) is 5.11 Å². The molecule has 0 aliphatic rings. The summed E-state index contributed by atoms with van der Waals surface area (Å²) in [4.78, 5) is 12.9. The van der Waals surface area contributed by atoms with E-state index in [1.54, 1.807) is 0 Å². The van der Waals surface area contributed by atoms with Gasteiger partial charge in [0.05, 0.1) is 0 Å². The first-order chi connectivity index (χ1) is 7.33. The van der Waals surface area contributed by atoms with Crippen LogP contribution in [0.1, 0.15) is 27.7 Å². The van der Waals surface area contributed by atoms with Gasteiger partial charge in [-0.25, -0.2) is 4.79 Å². The molecule has 2 unspecified atom stereocenters. The smallest absolute Gasteiger partial charge is 0.336 e. The molecule has 0 aliphatic carbocycles. The quantitative estimate of drug-likeness (QED) is 0.555. The van der Waals surface area contributed by atoms with Crippen molar-refractivity contribution in [1.29, 1.82) is 0 Å². The fraction of sp³-hybridized carbons (Fsp3) is 0.909. The maximum absolute atomic E-state index is 10.7. The van der Waals surface area contributed by atoms with Crippen molar-refractivity contribution >= 4 is 5.97 Å². The van der Waals surface area contributed by atoms with Gasteiger partial charge in [0, 0.05) is 19.1 Å². The second-order valence-corrected chi connectivity index (χ2v) is 4.35. The lowest BCUT2D eigenvalue weighted by atomic mass is 10.1. The van der Waals surface area contributed by atoms with Gasteiger partial charge in [0.2, 0.25) is 0 Å². The van der Waals surface area contributed by atoms with Gasteiger partial charge in [-0.15, -0.1) is 0 Å². The molecule has 3 N–H and O–H groups in total. The third-order valence-corrected chi connectivity index (χ3v) is 2.68. The van der Waals surface area contributed by atoms with Crippen LogP contribution in [0.4, 0.5) is 0 Å². The van der Waals surface area contributed by atoms with Crippen molar-refractivity contribution in [1.82, 2.24) is 10.2 Å². The van der Waals surface area contributed by atoms with Crippen LogP contribution in [0, 0.1) is 0 Å². The Morgan fingerprint density at radius 3 is 2.31 bits per heavy atom. The van der Waals surface area contributed by atoms with Crippen molar-refractivity contribution in [3.8, 4) is 0 Å². The Balaban J connectivity index is 3.98. The molecule has 16 heavy (non-hydrogen) atoms. The molecule has 0 saturated heterocycles.